The van der Waals surface area contributed by atoms with E-state index in [1.165, 1.54) is 71.0 Å². The molecule has 2 atom stereocenters. The van der Waals surface area contributed by atoms with Crippen LogP contribution in [0.4, 0.5) is 0 Å². The van der Waals surface area contributed by atoms with E-state index in [2.05, 4.69) is 17.1 Å². The van der Waals surface area contributed by atoms with Gasteiger partial charge in [-0.3, -0.25) is 4.90 Å². The summed E-state index contributed by atoms with van der Waals surface area (Å²) in [5.41, 5.74) is 0. The molecule has 2 saturated heterocycles. The first-order chi connectivity index (χ1) is 10.4. The second-order valence-corrected chi connectivity index (χ2v) is 7.49. The van der Waals surface area contributed by atoms with Gasteiger partial charge in [0.1, 0.15) is 0 Å². The molecule has 0 radical (unpaired) electrons. The fourth-order valence-electron chi connectivity index (χ4n) is 4.63. The van der Waals surface area contributed by atoms with E-state index in [1.807, 2.05) is 0 Å². The highest BCUT2D eigenvalue weighted by molar-refractivity contribution is 4.91. The number of nitrogens with one attached hydrogen (secondary N) is 1. The van der Waals surface area contributed by atoms with Crippen LogP contribution in [0.15, 0.2) is 0 Å². The average molecular weight is 294 g/mol. The van der Waals surface area contributed by atoms with Crippen molar-refractivity contribution >= 4 is 0 Å². The van der Waals surface area contributed by atoms with E-state index in [4.69, 9.17) is 4.74 Å². The van der Waals surface area contributed by atoms with Crippen LogP contribution in [-0.4, -0.2) is 49.8 Å². The van der Waals surface area contributed by atoms with E-state index in [1.54, 1.807) is 0 Å². The van der Waals surface area contributed by atoms with Crippen molar-refractivity contribution < 1.29 is 4.74 Å². The Kier molecular flexibility index (Phi) is 5.96. The molecule has 3 aliphatic rings. The van der Waals surface area contributed by atoms with Gasteiger partial charge in [-0.15, -0.1) is 0 Å². The minimum absolute atomic E-state index is 0.713. The molecule has 3 heteroatoms. The Balaban J connectivity index is 1.61. The Labute approximate surface area is 130 Å². The molecule has 21 heavy (non-hydrogen) atoms. The third-order valence-corrected chi connectivity index (χ3v) is 6.06. The van der Waals surface area contributed by atoms with Crippen molar-refractivity contribution in [1.29, 1.82) is 0 Å². The van der Waals surface area contributed by atoms with Gasteiger partial charge >= 0.3 is 0 Å². The number of piperazine rings is 1. The number of ether oxygens (including phenoxy) is 1. The summed E-state index contributed by atoms with van der Waals surface area (Å²) in [5.74, 6) is 1.82. The van der Waals surface area contributed by atoms with Crippen molar-refractivity contribution in [2.75, 3.05) is 32.8 Å². The summed E-state index contributed by atoms with van der Waals surface area (Å²) in [4.78, 5) is 2.87. The van der Waals surface area contributed by atoms with E-state index in [9.17, 15) is 0 Å². The fraction of sp³-hybridized carbons (Fsp3) is 1.00. The van der Waals surface area contributed by atoms with E-state index in [-0.39, 0.29) is 0 Å². The molecular formula is C18H34N2O. The van der Waals surface area contributed by atoms with E-state index in [0.717, 1.165) is 31.1 Å². The van der Waals surface area contributed by atoms with Gasteiger partial charge in [0.15, 0.2) is 0 Å². The van der Waals surface area contributed by atoms with E-state index < -0.39 is 0 Å². The maximum Gasteiger partial charge on any atom is 0.0469 e. The maximum atomic E-state index is 5.54. The van der Waals surface area contributed by atoms with Gasteiger partial charge in [0.25, 0.3) is 0 Å². The van der Waals surface area contributed by atoms with Crippen molar-refractivity contribution in [2.45, 2.75) is 70.4 Å². The van der Waals surface area contributed by atoms with Crippen LogP contribution >= 0.6 is 0 Å². The molecule has 2 unspecified atom stereocenters. The zero-order chi connectivity index (χ0) is 14.5. The summed E-state index contributed by atoms with van der Waals surface area (Å²) < 4.78 is 5.54. The first kappa shape index (κ1) is 15.8. The number of hydrogen-bond donors (Lipinski definition) is 1. The van der Waals surface area contributed by atoms with Gasteiger partial charge in [-0.05, 0) is 43.9 Å². The predicted molar refractivity (Wildman–Crippen MR) is 87.6 cm³/mol. The third kappa shape index (κ3) is 4.20. The fourth-order valence-corrected chi connectivity index (χ4v) is 4.63. The third-order valence-electron chi connectivity index (χ3n) is 6.06. The smallest absolute Gasteiger partial charge is 0.0469 e. The Hall–Kier alpha value is -0.120. The Morgan fingerprint density at radius 3 is 2.52 bits per heavy atom. The largest absolute Gasteiger partial charge is 0.381 e. The van der Waals surface area contributed by atoms with E-state index >= 15 is 0 Å². The van der Waals surface area contributed by atoms with Crippen LogP contribution in [-0.2, 0) is 4.74 Å². The molecule has 122 valence electrons. The van der Waals surface area contributed by atoms with Crippen LogP contribution in [0.25, 0.3) is 0 Å². The molecule has 0 aromatic heterocycles. The topological polar surface area (TPSA) is 24.5 Å². The lowest BCUT2D eigenvalue weighted by Crippen LogP contribution is -2.59. The van der Waals surface area contributed by atoms with Crippen LogP contribution < -0.4 is 5.32 Å². The number of hydrogen-bond acceptors (Lipinski definition) is 3. The van der Waals surface area contributed by atoms with Crippen LogP contribution in [0.3, 0.4) is 0 Å². The molecule has 0 bridgehead atoms. The lowest BCUT2D eigenvalue weighted by Gasteiger charge is -2.46. The summed E-state index contributed by atoms with van der Waals surface area (Å²) >= 11 is 0. The molecule has 1 aliphatic carbocycles. The van der Waals surface area contributed by atoms with Crippen LogP contribution in [0, 0.1) is 11.8 Å². The van der Waals surface area contributed by atoms with Gasteiger partial charge in [0, 0.05) is 44.9 Å². The standard InChI is InChI=1S/C18H34N2O/c1-2-17-14-20(13-15-8-10-21-11-9-15)18(12-19-17)16-6-4-3-5-7-16/h15-19H,2-14H2,1H3. The normalized spacial score (nSPS) is 34.1. The zero-order valence-electron chi connectivity index (χ0n) is 13.9. The summed E-state index contributed by atoms with van der Waals surface area (Å²) in [7, 11) is 0. The number of nitrogens with zero attached hydrogens (tertiary/aromatic N) is 1. The zero-order valence-corrected chi connectivity index (χ0v) is 13.9. The molecule has 2 aliphatic heterocycles. The van der Waals surface area contributed by atoms with Gasteiger partial charge in [-0.2, -0.15) is 0 Å². The van der Waals surface area contributed by atoms with Gasteiger partial charge in [-0.25, -0.2) is 0 Å². The number of rotatable bonds is 4. The lowest BCUT2D eigenvalue weighted by molar-refractivity contribution is 0.0185. The molecule has 3 fully saturated rings. The van der Waals surface area contributed by atoms with Gasteiger partial charge in [0.05, 0.1) is 0 Å². The molecule has 1 N–H and O–H groups in total. The molecule has 0 aromatic rings. The Bertz CT molecular complexity index is 298. The Morgan fingerprint density at radius 1 is 1.05 bits per heavy atom. The molecular weight excluding hydrogens is 260 g/mol. The van der Waals surface area contributed by atoms with Crippen molar-refractivity contribution in [3.05, 3.63) is 0 Å². The monoisotopic (exact) mass is 294 g/mol. The first-order valence-corrected chi connectivity index (χ1v) is 9.42. The van der Waals surface area contributed by atoms with Crippen molar-refractivity contribution in [1.82, 2.24) is 10.2 Å². The molecule has 1 saturated carbocycles. The van der Waals surface area contributed by atoms with Crippen molar-refractivity contribution in [3.63, 3.8) is 0 Å². The Morgan fingerprint density at radius 2 is 1.81 bits per heavy atom. The van der Waals surface area contributed by atoms with Crippen molar-refractivity contribution in [2.24, 2.45) is 11.8 Å². The van der Waals surface area contributed by atoms with Gasteiger partial charge < -0.3 is 10.1 Å². The highest BCUT2D eigenvalue weighted by atomic mass is 16.5. The first-order valence-electron chi connectivity index (χ1n) is 9.42. The summed E-state index contributed by atoms with van der Waals surface area (Å²) in [6.07, 6.45) is 11.1. The van der Waals surface area contributed by atoms with Gasteiger partial charge in [-0.1, -0.05) is 26.2 Å². The quantitative estimate of drug-likeness (QED) is 0.862. The predicted octanol–water partition coefficient (Wildman–Crippen LogP) is 3.05. The van der Waals surface area contributed by atoms with Gasteiger partial charge in [0.2, 0.25) is 0 Å². The van der Waals surface area contributed by atoms with Crippen molar-refractivity contribution in [3.8, 4) is 0 Å². The van der Waals surface area contributed by atoms with Crippen LogP contribution in [0.5, 0.6) is 0 Å². The second kappa shape index (κ2) is 7.94. The minimum atomic E-state index is 0.713. The summed E-state index contributed by atoms with van der Waals surface area (Å²) in [6.45, 7) is 8.12. The van der Waals surface area contributed by atoms with Crippen LogP contribution in [0.1, 0.15) is 58.3 Å². The lowest BCUT2D eigenvalue weighted by atomic mass is 9.81. The summed E-state index contributed by atoms with van der Waals surface area (Å²) in [6, 6.07) is 1.51. The maximum absolute atomic E-state index is 5.54. The molecule has 3 nitrogen and oxygen atoms in total. The summed E-state index contributed by atoms with van der Waals surface area (Å²) in [5, 5.41) is 3.82. The molecule has 0 aromatic carbocycles. The molecule has 3 rings (SSSR count). The molecule has 0 spiro atoms. The molecule has 0 amide bonds. The highest BCUT2D eigenvalue weighted by Crippen LogP contribution is 2.31. The average Bonchev–Trinajstić information content (AvgIpc) is 2.56. The second-order valence-electron chi connectivity index (χ2n) is 7.49. The SMILES string of the molecule is CCC1CN(CC2CCOCC2)C(C2CCCCC2)CN1. The highest BCUT2D eigenvalue weighted by Gasteiger charge is 2.34. The minimum Gasteiger partial charge on any atom is -0.381 e. The van der Waals surface area contributed by atoms with Crippen LogP contribution in [0.2, 0.25) is 0 Å². The van der Waals surface area contributed by atoms with E-state index in [0.29, 0.717) is 6.04 Å². The molecule has 2 heterocycles.